The smallest absolute Gasteiger partial charge is 0.265 e. The minimum absolute atomic E-state index is 0.113. The molecule has 0 radical (unpaired) electrons. The molecule has 0 aliphatic rings. The zero-order chi connectivity index (χ0) is 18.2. The second kappa shape index (κ2) is 9.02. The summed E-state index contributed by atoms with van der Waals surface area (Å²) in [6, 6.07) is 14.1. The number of oxime groups is 1. The lowest BCUT2D eigenvalue weighted by Gasteiger charge is -2.12. The SMILES string of the molecule is CCc1cccc(C)c1NC(=O)CO/N=C\c1ccc(C(C)C)cc1. The van der Waals surface area contributed by atoms with Gasteiger partial charge in [-0.05, 0) is 41.5 Å². The number of hydrogen-bond acceptors (Lipinski definition) is 3. The summed E-state index contributed by atoms with van der Waals surface area (Å²) in [5.74, 6) is 0.289. The third-order valence-electron chi connectivity index (χ3n) is 4.08. The molecule has 0 aliphatic heterocycles. The van der Waals surface area contributed by atoms with Crippen LogP contribution in [0.4, 0.5) is 5.69 Å². The minimum Gasteiger partial charge on any atom is -0.386 e. The van der Waals surface area contributed by atoms with E-state index >= 15 is 0 Å². The van der Waals surface area contributed by atoms with Crippen LogP contribution in [0.2, 0.25) is 0 Å². The molecule has 4 nitrogen and oxygen atoms in total. The molecule has 0 unspecified atom stereocenters. The van der Waals surface area contributed by atoms with E-state index < -0.39 is 0 Å². The van der Waals surface area contributed by atoms with Crippen LogP contribution in [0.3, 0.4) is 0 Å². The Morgan fingerprint density at radius 1 is 1.20 bits per heavy atom. The first-order valence-electron chi connectivity index (χ1n) is 8.65. The fourth-order valence-electron chi connectivity index (χ4n) is 2.54. The fraction of sp³-hybridized carbons (Fsp3) is 0.333. The van der Waals surface area contributed by atoms with Crippen molar-refractivity contribution in [2.24, 2.45) is 5.16 Å². The third kappa shape index (κ3) is 5.45. The van der Waals surface area contributed by atoms with Gasteiger partial charge in [-0.15, -0.1) is 0 Å². The van der Waals surface area contributed by atoms with Crippen LogP contribution in [0.15, 0.2) is 47.6 Å². The van der Waals surface area contributed by atoms with E-state index in [0.29, 0.717) is 5.92 Å². The number of carbonyl (C=O) groups excluding carboxylic acids is 1. The molecule has 0 bridgehead atoms. The van der Waals surface area contributed by atoms with Gasteiger partial charge in [-0.2, -0.15) is 0 Å². The normalized spacial score (nSPS) is 11.1. The van der Waals surface area contributed by atoms with Gasteiger partial charge in [-0.25, -0.2) is 0 Å². The highest BCUT2D eigenvalue weighted by atomic mass is 16.6. The first-order chi connectivity index (χ1) is 12.0. The van der Waals surface area contributed by atoms with Crippen molar-refractivity contribution in [3.63, 3.8) is 0 Å². The summed E-state index contributed by atoms with van der Waals surface area (Å²) >= 11 is 0. The number of nitrogens with zero attached hydrogens (tertiary/aromatic N) is 1. The van der Waals surface area contributed by atoms with Crippen molar-refractivity contribution >= 4 is 17.8 Å². The highest BCUT2D eigenvalue weighted by molar-refractivity contribution is 5.93. The van der Waals surface area contributed by atoms with Gasteiger partial charge in [0.05, 0.1) is 6.21 Å². The van der Waals surface area contributed by atoms with Gasteiger partial charge in [-0.3, -0.25) is 4.79 Å². The van der Waals surface area contributed by atoms with E-state index in [1.54, 1.807) is 6.21 Å². The summed E-state index contributed by atoms with van der Waals surface area (Å²) < 4.78 is 0. The van der Waals surface area contributed by atoms with Crippen LogP contribution < -0.4 is 5.32 Å². The van der Waals surface area contributed by atoms with Crippen molar-refractivity contribution in [3.8, 4) is 0 Å². The van der Waals surface area contributed by atoms with Crippen molar-refractivity contribution in [2.45, 2.75) is 40.0 Å². The molecule has 0 spiro atoms. The van der Waals surface area contributed by atoms with Crippen LogP contribution in [0.25, 0.3) is 0 Å². The van der Waals surface area contributed by atoms with Crippen molar-refractivity contribution in [2.75, 3.05) is 11.9 Å². The number of carbonyl (C=O) groups is 1. The zero-order valence-corrected chi connectivity index (χ0v) is 15.4. The Morgan fingerprint density at radius 2 is 1.92 bits per heavy atom. The Hall–Kier alpha value is -2.62. The molecule has 0 heterocycles. The number of benzene rings is 2. The number of rotatable bonds is 7. The van der Waals surface area contributed by atoms with Gasteiger partial charge < -0.3 is 10.2 Å². The molecule has 0 atom stereocenters. The Morgan fingerprint density at radius 3 is 2.56 bits per heavy atom. The Balaban J connectivity index is 1.86. The number of nitrogens with one attached hydrogen (secondary N) is 1. The first kappa shape index (κ1) is 18.7. The monoisotopic (exact) mass is 338 g/mol. The molecule has 0 fully saturated rings. The Bertz CT molecular complexity index is 734. The van der Waals surface area contributed by atoms with Crippen LogP contribution in [-0.4, -0.2) is 18.7 Å². The van der Waals surface area contributed by atoms with Crippen molar-refractivity contribution in [3.05, 3.63) is 64.7 Å². The molecular weight excluding hydrogens is 312 g/mol. The van der Waals surface area contributed by atoms with Gasteiger partial charge in [-0.1, -0.05) is 68.4 Å². The third-order valence-corrected chi connectivity index (χ3v) is 4.08. The summed E-state index contributed by atoms with van der Waals surface area (Å²) in [6.07, 6.45) is 2.48. The molecule has 132 valence electrons. The molecule has 0 saturated heterocycles. The Labute approximate surface area is 149 Å². The molecule has 0 aromatic heterocycles. The molecule has 2 aromatic carbocycles. The van der Waals surface area contributed by atoms with Crippen LogP contribution in [0, 0.1) is 6.92 Å². The first-order valence-corrected chi connectivity index (χ1v) is 8.65. The van der Waals surface area contributed by atoms with E-state index in [-0.39, 0.29) is 12.5 Å². The lowest BCUT2D eigenvalue weighted by Crippen LogP contribution is -2.18. The summed E-state index contributed by atoms with van der Waals surface area (Å²) in [5.41, 5.74) is 5.25. The molecule has 0 saturated carbocycles. The van der Waals surface area contributed by atoms with Crippen LogP contribution >= 0.6 is 0 Å². The predicted octanol–water partition coefficient (Wildman–Crippen LogP) is 4.67. The second-order valence-electron chi connectivity index (χ2n) is 6.34. The molecular formula is C21H26N2O2. The molecule has 4 heteroatoms. The summed E-state index contributed by atoms with van der Waals surface area (Å²) in [5, 5.41) is 6.79. The topological polar surface area (TPSA) is 50.7 Å². The molecule has 1 amide bonds. The largest absolute Gasteiger partial charge is 0.386 e. The van der Waals surface area contributed by atoms with Crippen LogP contribution in [0.1, 0.15) is 48.9 Å². The maximum atomic E-state index is 12.1. The lowest BCUT2D eigenvalue weighted by atomic mass is 10.0. The Kier molecular flexibility index (Phi) is 6.75. The highest BCUT2D eigenvalue weighted by Gasteiger charge is 2.08. The van der Waals surface area contributed by atoms with E-state index in [1.807, 2.05) is 37.3 Å². The number of para-hydroxylation sites is 1. The zero-order valence-electron chi connectivity index (χ0n) is 15.4. The van der Waals surface area contributed by atoms with Crippen molar-refractivity contribution in [1.82, 2.24) is 0 Å². The quantitative estimate of drug-likeness (QED) is 0.589. The summed E-state index contributed by atoms with van der Waals surface area (Å²) in [4.78, 5) is 17.2. The van der Waals surface area contributed by atoms with Crippen molar-refractivity contribution < 1.29 is 9.63 Å². The molecule has 25 heavy (non-hydrogen) atoms. The molecule has 2 aromatic rings. The highest BCUT2D eigenvalue weighted by Crippen LogP contribution is 2.20. The van der Waals surface area contributed by atoms with Crippen LogP contribution in [0.5, 0.6) is 0 Å². The number of amides is 1. The van der Waals surface area contributed by atoms with Crippen LogP contribution in [-0.2, 0) is 16.1 Å². The standard InChI is InChI=1S/C21H26N2O2/c1-5-18-8-6-7-16(4)21(18)23-20(24)14-25-22-13-17-9-11-19(12-10-17)15(2)3/h6-13,15H,5,14H2,1-4H3,(H,23,24)/b22-13-. The van der Waals surface area contributed by atoms with Gasteiger partial charge in [0.15, 0.2) is 6.61 Å². The van der Waals surface area contributed by atoms with E-state index in [4.69, 9.17) is 4.84 Å². The summed E-state index contributed by atoms with van der Waals surface area (Å²) in [7, 11) is 0. The van der Waals surface area contributed by atoms with E-state index in [1.165, 1.54) is 5.56 Å². The lowest BCUT2D eigenvalue weighted by molar-refractivity contribution is -0.120. The number of aryl methyl sites for hydroxylation is 2. The molecule has 1 N–H and O–H groups in total. The fourth-order valence-corrected chi connectivity index (χ4v) is 2.54. The van der Waals surface area contributed by atoms with Crippen molar-refractivity contribution in [1.29, 1.82) is 0 Å². The molecule has 2 rings (SSSR count). The minimum atomic E-state index is -0.212. The molecule has 0 aliphatic carbocycles. The van der Waals surface area contributed by atoms with Gasteiger partial charge in [0, 0.05) is 5.69 Å². The van der Waals surface area contributed by atoms with Gasteiger partial charge in [0.2, 0.25) is 0 Å². The second-order valence-corrected chi connectivity index (χ2v) is 6.34. The van der Waals surface area contributed by atoms with E-state index in [2.05, 4.69) is 43.4 Å². The van der Waals surface area contributed by atoms with Gasteiger partial charge in [0.1, 0.15) is 0 Å². The van der Waals surface area contributed by atoms with E-state index in [0.717, 1.165) is 28.8 Å². The average Bonchev–Trinajstić information content (AvgIpc) is 2.61. The van der Waals surface area contributed by atoms with Gasteiger partial charge in [0.25, 0.3) is 5.91 Å². The van der Waals surface area contributed by atoms with Gasteiger partial charge >= 0.3 is 0 Å². The summed E-state index contributed by atoms with van der Waals surface area (Å²) in [6.45, 7) is 8.24. The maximum absolute atomic E-state index is 12.1. The predicted molar refractivity (Wildman–Crippen MR) is 103 cm³/mol. The van der Waals surface area contributed by atoms with E-state index in [9.17, 15) is 4.79 Å². The maximum Gasteiger partial charge on any atom is 0.265 e. The number of hydrogen-bond donors (Lipinski definition) is 1. The number of anilines is 1. The average molecular weight is 338 g/mol.